The minimum Gasteiger partial charge on any atom is -0.398 e. The van der Waals surface area contributed by atoms with Gasteiger partial charge < -0.3 is 11.1 Å². The van der Waals surface area contributed by atoms with Crippen molar-refractivity contribution in [3.63, 3.8) is 0 Å². The number of hydrogen-bond donors (Lipinski definition) is 2. The molecule has 0 saturated carbocycles. The van der Waals surface area contributed by atoms with Crippen LogP contribution in [0.1, 0.15) is 18.4 Å². The summed E-state index contributed by atoms with van der Waals surface area (Å²) >= 11 is 1.92. The van der Waals surface area contributed by atoms with Crippen molar-refractivity contribution in [1.82, 2.24) is 5.32 Å². The lowest BCUT2D eigenvalue weighted by molar-refractivity contribution is -0.121. The van der Waals surface area contributed by atoms with Gasteiger partial charge in [-0.25, -0.2) is 0 Å². The molecule has 4 heteroatoms. The third-order valence-corrected chi connectivity index (χ3v) is 4.15. The summed E-state index contributed by atoms with van der Waals surface area (Å²) in [5, 5.41) is 3.08. The van der Waals surface area contributed by atoms with Gasteiger partial charge >= 0.3 is 0 Å². The van der Waals surface area contributed by atoms with Gasteiger partial charge in [-0.2, -0.15) is 11.8 Å². The van der Waals surface area contributed by atoms with Crippen molar-refractivity contribution < 1.29 is 4.79 Å². The Hall–Kier alpha value is -1.16. The van der Waals surface area contributed by atoms with Crippen molar-refractivity contribution in [3.8, 4) is 0 Å². The average Bonchev–Trinajstić information content (AvgIpc) is 2.33. The number of hydrogen-bond acceptors (Lipinski definition) is 3. The summed E-state index contributed by atoms with van der Waals surface area (Å²) in [5.41, 5.74) is 7.42. The Bertz CT molecular complexity index is 389. The quantitative estimate of drug-likeness (QED) is 0.805. The predicted molar refractivity (Wildman–Crippen MR) is 73.0 cm³/mol. The zero-order valence-electron chi connectivity index (χ0n) is 9.82. The van der Waals surface area contributed by atoms with Gasteiger partial charge in [-0.15, -0.1) is 0 Å². The van der Waals surface area contributed by atoms with Gasteiger partial charge in [-0.1, -0.05) is 18.2 Å². The molecule has 1 aromatic rings. The molecule has 1 heterocycles. The molecule has 0 aromatic heterocycles. The van der Waals surface area contributed by atoms with Crippen LogP contribution in [0.2, 0.25) is 0 Å². The Balaban J connectivity index is 1.86. The maximum atomic E-state index is 11.9. The molecule has 2 rings (SSSR count). The van der Waals surface area contributed by atoms with Gasteiger partial charge in [0.15, 0.2) is 0 Å². The van der Waals surface area contributed by atoms with Crippen molar-refractivity contribution in [3.05, 3.63) is 29.8 Å². The van der Waals surface area contributed by atoms with Crippen LogP contribution in [0.4, 0.5) is 5.69 Å². The second-order valence-corrected chi connectivity index (χ2v) is 5.51. The van der Waals surface area contributed by atoms with E-state index in [4.69, 9.17) is 5.73 Å². The third kappa shape index (κ3) is 3.66. The molecule has 1 unspecified atom stereocenters. The normalized spacial score (nSPS) is 19.9. The molecule has 3 N–H and O–H groups in total. The number of amides is 1. The summed E-state index contributed by atoms with van der Waals surface area (Å²) < 4.78 is 0. The molecule has 1 saturated heterocycles. The zero-order valence-corrected chi connectivity index (χ0v) is 10.6. The fourth-order valence-corrected chi connectivity index (χ4v) is 3.07. The first-order valence-electron chi connectivity index (χ1n) is 5.96. The summed E-state index contributed by atoms with van der Waals surface area (Å²) in [4.78, 5) is 11.9. The van der Waals surface area contributed by atoms with E-state index in [0.29, 0.717) is 18.2 Å². The number of benzene rings is 1. The summed E-state index contributed by atoms with van der Waals surface area (Å²) in [6, 6.07) is 7.87. The fraction of sp³-hybridized carbons (Fsp3) is 0.462. The predicted octanol–water partition coefficient (Wildman–Crippen LogP) is 1.82. The average molecular weight is 250 g/mol. The van der Waals surface area contributed by atoms with E-state index in [0.717, 1.165) is 17.7 Å². The van der Waals surface area contributed by atoms with Crippen LogP contribution in [-0.2, 0) is 11.2 Å². The van der Waals surface area contributed by atoms with Crippen molar-refractivity contribution in [1.29, 1.82) is 0 Å². The van der Waals surface area contributed by atoms with Crippen LogP contribution in [0.5, 0.6) is 0 Å². The minimum absolute atomic E-state index is 0.0791. The van der Waals surface area contributed by atoms with Gasteiger partial charge in [-0.3, -0.25) is 4.79 Å². The molecule has 3 nitrogen and oxygen atoms in total. The third-order valence-electron chi connectivity index (χ3n) is 2.93. The standard InChI is InChI=1S/C13H18N2OS/c14-12-6-2-1-4-10(12)8-13(16)15-11-5-3-7-17-9-11/h1-2,4,6,11H,3,5,7-9,14H2,(H,15,16). The van der Waals surface area contributed by atoms with E-state index in [1.807, 2.05) is 36.0 Å². The SMILES string of the molecule is Nc1ccccc1CC(=O)NC1CCCSC1. The van der Waals surface area contributed by atoms with E-state index in [9.17, 15) is 4.79 Å². The number of carbonyl (C=O) groups is 1. The van der Waals surface area contributed by atoms with Crippen LogP contribution in [0, 0.1) is 0 Å². The Morgan fingerprint density at radius 1 is 1.47 bits per heavy atom. The Kier molecular flexibility index (Phi) is 4.31. The lowest BCUT2D eigenvalue weighted by atomic mass is 10.1. The Morgan fingerprint density at radius 3 is 3.00 bits per heavy atom. The highest BCUT2D eigenvalue weighted by molar-refractivity contribution is 7.99. The van der Waals surface area contributed by atoms with Crippen LogP contribution in [0.25, 0.3) is 0 Å². The van der Waals surface area contributed by atoms with Gasteiger partial charge in [0.1, 0.15) is 0 Å². The lowest BCUT2D eigenvalue weighted by Gasteiger charge is -2.22. The molecule has 0 spiro atoms. The summed E-state index contributed by atoms with van der Waals surface area (Å²) in [5.74, 6) is 2.34. The number of nitrogens with one attached hydrogen (secondary N) is 1. The second-order valence-electron chi connectivity index (χ2n) is 4.36. The summed E-state index contributed by atoms with van der Waals surface area (Å²) in [6.45, 7) is 0. The van der Waals surface area contributed by atoms with Crippen LogP contribution in [0.3, 0.4) is 0 Å². The van der Waals surface area contributed by atoms with Gasteiger partial charge in [-0.05, 0) is 30.2 Å². The zero-order chi connectivity index (χ0) is 12.1. The van der Waals surface area contributed by atoms with E-state index in [2.05, 4.69) is 5.32 Å². The molecule has 1 aliphatic heterocycles. The van der Waals surface area contributed by atoms with E-state index >= 15 is 0 Å². The van der Waals surface area contributed by atoms with Gasteiger partial charge in [0.25, 0.3) is 0 Å². The van der Waals surface area contributed by atoms with E-state index < -0.39 is 0 Å². The summed E-state index contributed by atoms with van der Waals surface area (Å²) in [6.07, 6.45) is 2.68. The van der Waals surface area contributed by atoms with Crippen LogP contribution >= 0.6 is 11.8 Å². The number of thioether (sulfide) groups is 1. The van der Waals surface area contributed by atoms with Crippen LogP contribution in [0.15, 0.2) is 24.3 Å². The monoisotopic (exact) mass is 250 g/mol. The second kappa shape index (κ2) is 5.96. The molecule has 0 bridgehead atoms. The van der Waals surface area contributed by atoms with Crippen molar-refractivity contribution >= 4 is 23.4 Å². The number of rotatable bonds is 3. The molecule has 1 amide bonds. The maximum absolute atomic E-state index is 11.9. The van der Waals surface area contributed by atoms with Gasteiger partial charge in [0.2, 0.25) is 5.91 Å². The van der Waals surface area contributed by atoms with Gasteiger partial charge in [0.05, 0.1) is 6.42 Å². The first-order chi connectivity index (χ1) is 8.25. The van der Waals surface area contributed by atoms with Gasteiger partial charge in [0, 0.05) is 17.5 Å². The van der Waals surface area contributed by atoms with E-state index in [-0.39, 0.29) is 5.91 Å². The fourth-order valence-electron chi connectivity index (χ4n) is 2.00. The van der Waals surface area contributed by atoms with Crippen molar-refractivity contribution in [2.45, 2.75) is 25.3 Å². The molecule has 1 atom stereocenters. The van der Waals surface area contributed by atoms with E-state index in [1.54, 1.807) is 0 Å². The first-order valence-corrected chi connectivity index (χ1v) is 7.11. The highest BCUT2D eigenvalue weighted by atomic mass is 32.2. The number of para-hydroxylation sites is 1. The smallest absolute Gasteiger partial charge is 0.224 e. The largest absolute Gasteiger partial charge is 0.398 e. The highest BCUT2D eigenvalue weighted by Crippen LogP contribution is 2.17. The first kappa shape index (κ1) is 12.3. The summed E-state index contributed by atoms with van der Waals surface area (Å²) in [7, 11) is 0. The molecule has 92 valence electrons. The highest BCUT2D eigenvalue weighted by Gasteiger charge is 2.16. The van der Waals surface area contributed by atoms with Crippen LogP contribution < -0.4 is 11.1 Å². The van der Waals surface area contributed by atoms with Crippen LogP contribution in [-0.4, -0.2) is 23.5 Å². The van der Waals surface area contributed by atoms with Crippen molar-refractivity contribution in [2.24, 2.45) is 0 Å². The number of nitrogens with two attached hydrogens (primary N) is 1. The molecule has 1 fully saturated rings. The molecule has 17 heavy (non-hydrogen) atoms. The molecule has 1 aliphatic rings. The van der Waals surface area contributed by atoms with E-state index in [1.165, 1.54) is 12.2 Å². The lowest BCUT2D eigenvalue weighted by Crippen LogP contribution is -2.39. The molecule has 0 aliphatic carbocycles. The molecular weight excluding hydrogens is 232 g/mol. The Morgan fingerprint density at radius 2 is 2.29 bits per heavy atom. The topological polar surface area (TPSA) is 55.1 Å². The number of anilines is 1. The Labute approximate surface area is 106 Å². The maximum Gasteiger partial charge on any atom is 0.224 e. The number of carbonyl (C=O) groups excluding carboxylic acids is 1. The minimum atomic E-state index is 0.0791. The molecule has 1 aromatic carbocycles. The number of nitrogen functional groups attached to an aromatic ring is 1. The molecular formula is C13H18N2OS. The molecule has 0 radical (unpaired) electrons. The van der Waals surface area contributed by atoms with Crippen molar-refractivity contribution in [2.75, 3.05) is 17.2 Å².